The normalized spacial score (nSPS) is 12.7. The molecule has 0 bridgehead atoms. The first-order valence-corrected chi connectivity index (χ1v) is 8.10. The molecule has 1 rings (SSSR count). The summed E-state index contributed by atoms with van der Waals surface area (Å²) in [5, 5.41) is 0. The lowest BCUT2D eigenvalue weighted by molar-refractivity contribution is 0.0276. The van der Waals surface area contributed by atoms with Crippen LogP contribution in [0.3, 0.4) is 0 Å². The summed E-state index contributed by atoms with van der Waals surface area (Å²) in [4.78, 5) is 0.238. The summed E-state index contributed by atoms with van der Waals surface area (Å²) >= 11 is 0. The Morgan fingerprint density at radius 3 is 2.45 bits per heavy atom. The largest absolute Gasteiger partial charge is 0.377 e. The van der Waals surface area contributed by atoms with Crippen LogP contribution in [0.25, 0.3) is 0 Å². The molecule has 0 saturated carbocycles. The number of methoxy groups -OCH3 is 1. The van der Waals surface area contributed by atoms with Crippen molar-refractivity contribution in [2.75, 3.05) is 13.7 Å². The van der Waals surface area contributed by atoms with E-state index in [-0.39, 0.29) is 11.4 Å². The average Bonchev–Trinajstić information content (AvgIpc) is 2.44. The first-order chi connectivity index (χ1) is 9.25. The number of rotatable bonds is 7. The topological polar surface area (TPSA) is 81.4 Å². The van der Waals surface area contributed by atoms with Gasteiger partial charge < -0.3 is 10.5 Å². The van der Waals surface area contributed by atoms with Crippen molar-refractivity contribution in [1.29, 1.82) is 0 Å². The summed E-state index contributed by atoms with van der Waals surface area (Å²) in [6.07, 6.45) is 0.830. The minimum Gasteiger partial charge on any atom is -0.377 e. The molecule has 0 saturated heterocycles. The minimum absolute atomic E-state index is 0.208. The highest BCUT2D eigenvalue weighted by molar-refractivity contribution is 7.89. The Labute approximate surface area is 121 Å². The molecule has 0 fully saturated rings. The molecule has 3 N–H and O–H groups in total. The lowest BCUT2D eigenvalue weighted by Gasteiger charge is -2.23. The predicted molar refractivity (Wildman–Crippen MR) is 80.0 cm³/mol. The van der Waals surface area contributed by atoms with Crippen LogP contribution >= 0.6 is 0 Å². The SMILES string of the molecule is CCc1ccc(S(=O)(=O)NCC(C)(C)OC)cc1CN. The summed E-state index contributed by atoms with van der Waals surface area (Å²) in [6.45, 7) is 6.19. The molecule has 1 aromatic carbocycles. The van der Waals surface area contributed by atoms with E-state index in [1.165, 1.54) is 0 Å². The van der Waals surface area contributed by atoms with Crippen LogP contribution in [0.2, 0.25) is 0 Å². The molecule has 6 heteroatoms. The van der Waals surface area contributed by atoms with Gasteiger partial charge in [-0.3, -0.25) is 0 Å². The van der Waals surface area contributed by atoms with E-state index in [9.17, 15) is 8.42 Å². The van der Waals surface area contributed by atoms with Crippen LogP contribution in [0, 0.1) is 0 Å². The van der Waals surface area contributed by atoms with Gasteiger partial charge in [0.15, 0.2) is 0 Å². The van der Waals surface area contributed by atoms with Gasteiger partial charge in [-0.2, -0.15) is 0 Å². The lowest BCUT2D eigenvalue weighted by Crippen LogP contribution is -2.39. The fourth-order valence-electron chi connectivity index (χ4n) is 1.73. The standard InChI is InChI=1S/C14H24N2O3S/c1-5-11-6-7-13(8-12(11)9-15)20(17,18)16-10-14(2,3)19-4/h6-8,16H,5,9-10,15H2,1-4H3. The van der Waals surface area contributed by atoms with Gasteiger partial charge in [-0.15, -0.1) is 0 Å². The van der Waals surface area contributed by atoms with Crippen molar-refractivity contribution in [3.05, 3.63) is 29.3 Å². The van der Waals surface area contributed by atoms with Gasteiger partial charge in [0.2, 0.25) is 10.0 Å². The van der Waals surface area contributed by atoms with Gasteiger partial charge in [-0.05, 0) is 43.5 Å². The zero-order valence-electron chi connectivity index (χ0n) is 12.6. The Morgan fingerprint density at radius 1 is 1.30 bits per heavy atom. The van der Waals surface area contributed by atoms with Gasteiger partial charge in [0.1, 0.15) is 0 Å². The molecule has 0 aliphatic heterocycles. The highest BCUT2D eigenvalue weighted by Crippen LogP contribution is 2.17. The van der Waals surface area contributed by atoms with Crippen molar-refractivity contribution in [1.82, 2.24) is 4.72 Å². The smallest absolute Gasteiger partial charge is 0.240 e. The minimum atomic E-state index is -3.55. The molecule has 0 heterocycles. The molecule has 20 heavy (non-hydrogen) atoms. The molecule has 1 aromatic rings. The third kappa shape index (κ3) is 4.28. The second-order valence-electron chi connectivity index (χ2n) is 5.28. The Hall–Kier alpha value is -0.950. The molecule has 0 aliphatic rings. The third-order valence-electron chi connectivity index (χ3n) is 3.33. The predicted octanol–water partition coefficient (Wildman–Crippen LogP) is 1.41. The van der Waals surface area contributed by atoms with E-state index in [0.29, 0.717) is 6.54 Å². The molecule has 5 nitrogen and oxygen atoms in total. The van der Waals surface area contributed by atoms with Gasteiger partial charge in [-0.1, -0.05) is 13.0 Å². The third-order valence-corrected chi connectivity index (χ3v) is 4.73. The number of aryl methyl sites for hydroxylation is 1. The number of hydrogen-bond acceptors (Lipinski definition) is 4. The van der Waals surface area contributed by atoms with Crippen LogP contribution in [0.4, 0.5) is 0 Å². The van der Waals surface area contributed by atoms with Gasteiger partial charge in [0, 0.05) is 20.2 Å². The van der Waals surface area contributed by atoms with Crippen LogP contribution in [-0.4, -0.2) is 27.7 Å². The van der Waals surface area contributed by atoms with Crippen LogP contribution in [0.5, 0.6) is 0 Å². The molecule has 114 valence electrons. The molecule has 0 spiro atoms. The lowest BCUT2D eigenvalue weighted by atomic mass is 10.1. The van der Waals surface area contributed by atoms with E-state index in [0.717, 1.165) is 17.5 Å². The van der Waals surface area contributed by atoms with Crippen molar-refractivity contribution < 1.29 is 13.2 Å². The summed E-state index contributed by atoms with van der Waals surface area (Å²) in [6, 6.07) is 5.07. The molecule has 0 amide bonds. The number of ether oxygens (including phenoxy) is 1. The highest BCUT2D eigenvalue weighted by Gasteiger charge is 2.22. The van der Waals surface area contributed by atoms with Crippen LogP contribution < -0.4 is 10.5 Å². The summed E-state index contributed by atoms with van der Waals surface area (Å²) in [5.41, 5.74) is 7.05. The fourth-order valence-corrected chi connectivity index (χ4v) is 2.98. The van der Waals surface area contributed by atoms with E-state index < -0.39 is 15.6 Å². The van der Waals surface area contributed by atoms with Crippen molar-refractivity contribution in [2.24, 2.45) is 5.73 Å². The van der Waals surface area contributed by atoms with Crippen molar-refractivity contribution >= 4 is 10.0 Å². The number of sulfonamides is 1. The fraction of sp³-hybridized carbons (Fsp3) is 0.571. The summed E-state index contributed by atoms with van der Waals surface area (Å²) in [7, 11) is -1.99. The number of nitrogens with one attached hydrogen (secondary N) is 1. The van der Waals surface area contributed by atoms with E-state index in [1.54, 1.807) is 19.2 Å². The molecule has 0 unspecified atom stereocenters. The van der Waals surface area contributed by atoms with Crippen molar-refractivity contribution in [3.8, 4) is 0 Å². The second-order valence-corrected chi connectivity index (χ2v) is 7.04. The second kappa shape index (κ2) is 6.67. The van der Waals surface area contributed by atoms with E-state index >= 15 is 0 Å². The van der Waals surface area contributed by atoms with Gasteiger partial charge in [0.25, 0.3) is 0 Å². The van der Waals surface area contributed by atoms with E-state index in [1.807, 2.05) is 26.8 Å². The Morgan fingerprint density at radius 2 is 1.95 bits per heavy atom. The van der Waals surface area contributed by atoms with Crippen molar-refractivity contribution in [2.45, 2.75) is 44.2 Å². The molecule has 0 atom stereocenters. The summed E-state index contributed by atoms with van der Waals surface area (Å²) in [5.74, 6) is 0. The molecular weight excluding hydrogens is 276 g/mol. The first-order valence-electron chi connectivity index (χ1n) is 6.62. The molecule has 0 radical (unpaired) electrons. The van der Waals surface area contributed by atoms with E-state index in [4.69, 9.17) is 10.5 Å². The Bertz CT molecular complexity index is 554. The van der Waals surface area contributed by atoms with Crippen LogP contribution in [-0.2, 0) is 27.7 Å². The van der Waals surface area contributed by atoms with Gasteiger partial charge >= 0.3 is 0 Å². The zero-order valence-corrected chi connectivity index (χ0v) is 13.4. The highest BCUT2D eigenvalue weighted by atomic mass is 32.2. The molecule has 0 aromatic heterocycles. The number of nitrogens with two attached hydrogens (primary N) is 1. The quantitative estimate of drug-likeness (QED) is 0.798. The van der Waals surface area contributed by atoms with Crippen molar-refractivity contribution in [3.63, 3.8) is 0 Å². The maximum Gasteiger partial charge on any atom is 0.240 e. The van der Waals surface area contributed by atoms with E-state index in [2.05, 4.69) is 4.72 Å². The Kier molecular flexibility index (Phi) is 5.70. The summed E-state index contributed by atoms with van der Waals surface area (Å²) < 4.78 is 32.3. The Balaban J connectivity index is 2.98. The number of benzene rings is 1. The average molecular weight is 300 g/mol. The van der Waals surface area contributed by atoms with Gasteiger partial charge in [-0.25, -0.2) is 13.1 Å². The molecule has 0 aliphatic carbocycles. The van der Waals surface area contributed by atoms with Crippen LogP contribution in [0.15, 0.2) is 23.1 Å². The zero-order chi connectivity index (χ0) is 15.4. The maximum absolute atomic E-state index is 12.3. The first kappa shape index (κ1) is 17.1. The number of hydrogen-bond donors (Lipinski definition) is 2. The monoisotopic (exact) mass is 300 g/mol. The van der Waals surface area contributed by atoms with Gasteiger partial charge in [0.05, 0.1) is 10.5 Å². The molecular formula is C14H24N2O3S. The maximum atomic E-state index is 12.3. The van der Waals surface area contributed by atoms with Crippen LogP contribution in [0.1, 0.15) is 31.9 Å².